The van der Waals surface area contributed by atoms with E-state index in [0.717, 1.165) is 68.4 Å². The van der Waals surface area contributed by atoms with Crippen LogP contribution >= 0.6 is 0 Å². The SMILES string of the molecule is CCCCc1ccc(C2CCc3cc(OCCC)ccc3C2)c(F)c1. The molecule has 0 bridgehead atoms. The van der Waals surface area contributed by atoms with Gasteiger partial charge in [-0.05, 0) is 84.9 Å². The fourth-order valence-electron chi connectivity index (χ4n) is 3.74. The van der Waals surface area contributed by atoms with Gasteiger partial charge in [0.1, 0.15) is 11.6 Å². The van der Waals surface area contributed by atoms with Gasteiger partial charge in [0, 0.05) is 0 Å². The van der Waals surface area contributed by atoms with Crippen molar-refractivity contribution in [1.82, 2.24) is 0 Å². The topological polar surface area (TPSA) is 9.23 Å². The summed E-state index contributed by atoms with van der Waals surface area (Å²) in [6, 6.07) is 12.3. The van der Waals surface area contributed by atoms with E-state index < -0.39 is 0 Å². The van der Waals surface area contributed by atoms with E-state index in [0.29, 0.717) is 0 Å². The lowest BCUT2D eigenvalue weighted by atomic mass is 9.79. The van der Waals surface area contributed by atoms with E-state index >= 15 is 0 Å². The molecule has 0 heterocycles. The van der Waals surface area contributed by atoms with Crippen LogP contribution in [0.1, 0.15) is 67.7 Å². The maximum atomic E-state index is 14.6. The zero-order valence-corrected chi connectivity index (χ0v) is 15.5. The van der Waals surface area contributed by atoms with Gasteiger partial charge in [-0.25, -0.2) is 4.39 Å². The lowest BCUT2D eigenvalue weighted by Gasteiger charge is -2.26. The minimum Gasteiger partial charge on any atom is -0.494 e. The Bertz CT molecular complexity index is 707. The highest BCUT2D eigenvalue weighted by atomic mass is 19.1. The molecular formula is C23H29FO. The van der Waals surface area contributed by atoms with Crippen LogP contribution in [0.4, 0.5) is 4.39 Å². The molecule has 0 N–H and O–H groups in total. The molecule has 1 unspecified atom stereocenters. The number of ether oxygens (including phenoxy) is 1. The van der Waals surface area contributed by atoms with Gasteiger partial charge in [0.2, 0.25) is 0 Å². The molecule has 0 saturated carbocycles. The molecule has 2 aromatic carbocycles. The minimum absolute atomic E-state index is 0.0232. The van der Waals surface area contributed by atoms with Crippen LogP contribution in [0.25, 0.3) is 0 Å². The summed E-state index contributed by atoms with van der Waals surface area (Å²) in [5.41, 5.74) is 4.72. The molecular weight excluding hydrogens is 311 g/mol. The molecule has 0 radical (unpaired) electrons. The van der Waals surface area contributed by atoms with Crippen molar-refractivity contribution in [2.75, 3.05) is 6.61 Å². The Hall–Kier alpha value is -1.83. The standard InChI is InChI=1S/C23H29FO/c1-3-5-6-17-7-12-22(23(24)14-17)20-9-8-19-16-21(25-13-4-2)11-10-18(19)15-20/h7,10-12,14,16,20H,3-6,8-9,13,15H2,1-2H3. The lowest BCUT2D eigenvalue weighted by Crippen LogP contribution is -2.14. The first-order valence-corrected chi connectivity index (χ1v) is 9.74. The molecule has 0 amide bonds. The maximum absolute atomic E-state index is 14.6. The van der Waals surface area contributed by atoms with Gasteiger partial charge in [-0.1, -0.05) is 38.5 Å². The van der Waals surface area contributed by atoms with E-state index in [1.165, 1.54) is 11.1 Å². The van der Waals surface area contributed by atoms with E-state index in [1.807, 2.05) is 6.07 Å². The molecule has 0 fully saturated rings. The second-order valence-corrected chi connectivity index (χ2v) is 7.18. The molecule has 3 rings (SSSR count). The number of aryl methyl sites for hydroxylation is 2. The highest BCUT2D eigenvalue weighted by Crippen LogP contribution is 2.35. The number of benzene rings is 2. The summed E-state index contributed by atoms with van der Waals surface area (Å²) in [4.78, 5) is 0. The van der Waals surface area contributed by atoms with E-state index in [-0.39, 0.29) is 11.7 Å². The van der Waals surface area contributed by atoms with Crippen LogP contribution in [-0.2, 0) is 19.3 Å². The number of unbranched alkanes of at least 4 members (excludes halogenated alkanes) is 1. The summed E-state index contributed by atoms with van der Waals surface area (Å²) >= 11 is 0. The number of rotatable bonds is 7. The lowest BCUT2D eigenvalue weighted by molar-refractivity contribution is 0.316. The zero-order valence-electron chi connectivity index (χ0n) is 15.5. The summed E-state index contributed by atoms with van der Waals surface area (Å²) in [5.74, 6) is 1.23. The minimum atomic E-state index is -0.0232. The molecule has 0 saturated heterocycles. The molecule has 0 aliphatic heterocycles. The first-order valence-electron chi connectivity index (χ1n) is 9.74. The van der Waals surface area contributed by atoms with Gasteiger partial charge in [0.05, 0.1) is 6.61 Å². The Morgan fingerprint density at radius 3 is 2.68 bits per heavy atom. The Morgan fingerprint density at radius 1 is 1.04 bits per heavy atom. The van der Waals surface area contributed by atoms with E-state index in [9.17, 15) is 4.39 Å². The third-order valence-corrected chi connectivity index (χ3v) is 5.20. The summed E-state index contributed by atoms with van der Waals surface area (Å²) in [7, 11) is 0. The highest BCUT2D eigenvalue weighted by Gasteiger charge is 2.23. The van der Waals surface area contributed by atoms with Crippen LogP contribution in [0.5, 0.6) is 5.75 Å². The van der Waals surface area contributed by atoms with Crippen LogP contribution in [0.15, 0.2) is 36.4 Å². The quantitative estimate of drug-likeness (QED) is 0.580. The predicted molar refractivity (Wildman–Crippen MR) is 102 cm³/mol. The Balaban J connectivity index is 1.72. The van der Waals surface area contributed by atoms with E-state index in [1.54, 1.807) is 6.07 Å². The van der Waals surface area contributed by atoms with Crippen LogP contribution in [0.3, 0.4) is 0 Å². The Labute approximate surface area is 151 Å². The summed E-state index contributed by atoms with van der Waals surface area (Å²) < 4.78 is 20.4. The van der Waals surface area contributed by atoms with E-state index in [2.05, 4.69) is 38.1 Å². The second-order valence-electron chi connectivity index (χ2n) is 7.18. The Kier molecular flexibility index (Phi) is 6.12. The van der Waals surface area contributed by atoms with Gasteiger partial charge in [-0.3, -0.25) is 0 Å². The molecule has 2 heteroatoms. The van der Waals surface area contributed by atoms with Gasteiger partial charge in [-0.15, -0.1) is 0 Å². The second kappa shape index (κ2) is 8.51. The van der Waals surface area contributed by atoms with Crippen molar-refractivity contribution in [2.45, 2.75) is 64.7 Å². The van der Waals surface area contributed by atoms with Crippen LogP contribution in [-0.4, -0.2) is 6.61 Å². The van der Waals surface area contributed by atoms with Crippen LogP contribution in [0.2, 0.25) is 0 Å². The first kappa shape index (κ1) is 18.0. The molecule has 0 aromatic heterocycles. The van der Waals surface area contributed by atoms with Gasteiger partial charge < -0.3 is 4.74 Å². The van der Waals surface area contributed by atoms with Gasteiger partial charge >= 0.3 is 0 Å². The van der Waals surface area contributed by atoms with Gasteiger partial charge in [0.25, 0.3) is 0 Å². The van der Waals surface area contributed by atoms with Crippen molar-refractivity contribution in [3.63, 3.8) is 0 Å². The molecule has 1 aliphatic rings. The third kappa shape index (κ3) is 4.42. The van der Waals surface area contributed by atoms with Crippen LogP contribution < -0.4 is 4.74 Å². The molecule has 1 atom stereocenters. The monoisotopic (exact) mass is 340 g/mol. The average Bonchev–Trinajstić information content (AvgIpc) is 2.64. The van der Waals surface area contributed by atoms with Crippen LogP contribution in [0, 0.1) is 5.82 Å². The molecule has 134 valence electrons. The maximum Gasteiger partial charge on any atom is 0.126 e. The van der Waals surface area contributed by atoms with Crippen molar-refractivity contribution < 1.29 is 9.13 Å². The molecule has 25 heavy (non-hydrogen) atoms. The summed E-state index contributed by atoms with van der Waals surface area (Å²) in [6.07, 6.45) is 7.20. The average molecular weight is 340 g/mol. The zero-order chi connectivity index (χ0) is 17.6. The van der Waals surface area contributed by atoms with Gasteiger partial charge in [-0.2, -0.15) is 0 Å². The highest BCUT2D eigenvalue weighted by molar-refractivity contribution is 5.40. The third-order valence-electron chi connectivity index (χ3n) is 5.20. The number of halogens is 1. The van der Waals surface area contributed by atoms with Crippen molar-refractivity contribution >= 4 is 0 Å². The smallest absolute Gasteiger partial charge is 0.126 e. The van der Waals surface area contributed by atoms with Gasteiger partial charge in [0.15, 0.2) is 0 Å². The van der Waals surface area contributed by atoms with Crippen molar-refractivity contribution in [3.05, 3.63) is 64.5 Å². The number of fused-ring (bicyclic) bond motifs is 1. The fraction of sp³-hybridized carbons (Fsp3) is 0.478. The number of hydrogen-bond acceptors (Lipinski definition) is 1. The normalized spacial score (nSPS) is 16.5. The predicted octanol–water partition coefficient (Wildman–Crippen LogP) is 6.23. The number of hydrogen-bond donors (Lipinski definition) is 0. The van der Waals surface area contributed by atoms with E-state index in [4.69, 9.17) is 4.74 Å². The van der Waals surface area contributed by atoms with Crippen molar-refractivity contribution in [1.29, 1.82) is 0 Å². The largest absolute Gasteiger partial charge is 0.494 e. The van der Waals surface area contributed by atoms with Crippen molar-refractivity contribution in [3.8, 4) is 5.75 Å². The fourth-order valence-corrected chi connectivity index (χ4v) is 3.74. The molecule has 2 aromatic rings. The summed E-state index contributed by atoms with van der Waals surface area (Å²) in [6.45, 7) is 5.05. The molecule has 1 aliphatic carbocycles. The van der Waals surface area contributed by atoms with Crippen molar-refractivity contribution in [2.24, 2.45) is 0 Å². The summed E-state index contributed by atoms with van der Waals surface area (Å²) in [5, 5.41) is 0. The molecule has 0 spiro atoms. The first-order chi connectivity index (χ1) is 12.2. The molecule has 1 nitrogen and oxygen atoms in total. The Morgan fingerprint density at radius 2 is 1.92 bits per heavy atom.